The van der Waals surface area contributed by atoms with Crippen LogP contribution in [0.4, 0.5) is 0 Å². The maximum Gasteiger partial charge on any atom is 0.0477 e. The summed E-state index contributed by atoms with van der Waals surface area (Å²) in [7, 11) is 3.84. The highest BCUT2D eigenvalue weighted by Crippen LogP contribution is 2.01. The summed E-state index contributed by atoms with van der Waals surface area (Å²) in [5, 5.41) is 0. The van der Waals surface area contributed by atoms with Gasteiger partial charge in [-0.1, -0.05) is 6.92 Å². The van der Waals surface area contributed by atoms with Crippen LogP contribution in [-0.4, -0.2) is 44.3 Å². The van der Waals surface area contributed by atoms with Gasteiger partial charge in [0, 0.05) is 32.3 Å². The molecule has 0 bridgehead atoms. The fourth-order valence-corrected chi connectivity index (χ4v) is 1.22. The van der Waals surface area contributed by atoms with Crippen molar-refractivity contribution in [1.29, 1.82) is 0 Å². The van der Waals surface area contributed by atoms with Crippen molar-refractivity contribution in [3.63, 3.8) is 0 Å². The van der Waals surface area contributed by atoms with Gasteiger partial charge in [0.2, 0.25) is 0 Å². The number of rotatable bonds is 7. The molecule has 2 atom stereocenters. The smallest absolute Gasteiger partial charge is 0.0477 e. The molecule has 0 rings (SSSR count). The lowest BCUT2D eigenvalue weighted by Gasteiger charge is -2.26. The molecule has 0 radical (unpaired) electrons. The number of nitrogens with zero attached hydrogens (tertiary/aromatic N) is 1. The summed E-state index contributed by atoms with van der Waals surface area (Å²) in [5.74, 6) is 0. The molecule has 0 aliphatic rings. The summed E-state index contributed by atoms with van der Waals surface area (Å²) in [5.41, 5.74) is 5.93. The van der Waals surface area contributed by atoms with E-state index in [4.69, 9.17) is 10.5 Å². The van der Waals surface area contributed by atoms with E-state index >= 15 is 0 Å². The molecule has 80 valence electrons. The summed E-state index contributed by atoms with van der Waals surface area (Å²) < 4.78 is 4.98. The topological polar surface area (TPSA) is 38.5 Å². The van der Waals surface area contributed by atoms with E-state index in [0.29, 0.717) is 6.04 Å². The molecule has 0 aromatic rings. The lowest BCUT2D eigenvalue weighted by molar-refractivity contribution is 0.171. The molecule has 0 saturated carbocycles. The van der Waals surface area contributed by atoms with Gasteiger partial charge in [0.25, 0.3) is 0 Å². The van der Waals surface area contributed by atoms with Gasteiger partial charge in [0.05, 0.1) is 0 Å². The molecule has 0 heterocycles. The van der Waals surface area contributed by atoms with Gasteiger partial charge in [-0.25, -0.2) is 0 Å². The summed E-state index contributed by atoms with van der Waals surface area (Å²) in [6.45, 7) is 6.14. The normalized spacial score (nSPS) is 16.2. The van der Waals surface area contributed by atoms with Gasteiger partial charge in [-0.3, -0.25) is 0 Å². The highest BCUT2D eigenvalue weighted by Gasteiger charge is 2.10. The van der Waals surface area contributed by atoms with Gasteiger partial charge in [-0.2, -0.15) is 0 Å². The lowest BCUT2D eigenvalue weighted by atomic mass is 10.1. The van der Waals surface area contributed by atoms with Crippen molar-refractivity contribution in [3.8, 4) is 0 Å². The molecule has 0 aliphatic carbocycles. The third-order valence-corrected chi connectivity index (χ3v) is 2.56. The summed E-state index contributed by atoms with van der Waals surface area (Å²) in [4.78, 5) is 2.31. The third-order valence-electron chi connectivity index (χ3n) is 2.56. The molecule has 3 nitrogen and oxygen atoms in total. The first-order valence-corrected chi connectivity index (χ1v) is 5.06. The predicted octanol–water partition coefficient (Wildman–Crippen LogP) is 1.08. The highest BCUT2D eigenvalue weighted by molar-refractivity contribution is 4.69. The number of likely N-dealkylation sites (N-methyl/N-ethyl adjacent to an activating group) is 1. The van der Waals surface area contributed by atoms with E-state index in [0.717, 1.165) is 19.6 Å². The fraction of sp³-hybridized carbons (Fsp3) is 1.00. The molecule has 0 saturated heterocycles. The van der Waals surface area contributed by atoms with E-state index in [1.807, 2.05) is 0 Å². The second-order valence-electron chi connectivity index (χ2n) is 3.74. The molecule has 0 aromatic heterocycles. The highest BCUT2D eigenvalue weighted by atomic mass is 16.5. The minimum absolute atomic E-state index is 0.235. The lowest BCUT2D eigenvalue weighted by Crippen LogP contribution is -2.40. The first-order valence-electron chi connectivity index (χ1n) is 5.06. The van der Waals surface area contributed by atoms with Crippen molar-refractivity contribution < 1.29 is 4.74 Å². The van der Waals surface area contributed by atoms with Gasteiger partial charge < -0.3 is 15.4 Å². The second-order valence-corrected chi connectivity index (χ2v) is 3.74. The molecular weight excluding hydrogens is 164 g/mol. The van der Waals surface area contributed by atoms with Crippen molar-refractivity contribution in [2.45, 2.75) is 38.8 Å². The number of hydrogen-bond acceptors (Lipinski definition) is 3. The van der Waals surface area contributed by atoms with Crippen LogP contribution in [-0.2, 0) is 4.74 Å². The molecule has 3 heteroatoms. The van der Waals surface area contributed by atoms with Crippen LogP contribution in [0, 0.1) is 0 Å². The van der Waals surface area contributed by atoms with Crippen LogP contribution in [0.3, 0.4) is 0 Å². The Morgan fingerprint density at radius 3 is 2.54 bits per heavy atom. The Morgan fingerprint density at radius 1 is 1.46 bits per heavy atom. The molecule has 0 aromatic carbocycles. The van der Waals surface area contributed by atoms with Crippen molar-refractivity contribution in [1.82, 2.24) is 4.90 Å². The number of nitrogens with two attached hydrogens (primary N) is 1. The maximum absolute atomic E-state index is 5.93. The average molecular weight is 188 g/mol. The van der Waals surface area contributed by atoms with E-state index in [9.17, 15) is 0 Å². The molecule has 0 amide bonds. The standard InChI is InChI=1S/C10H24N2O/c1-5-9(2)12(3)8-10(11)6-7-13-4/h9-10H,5-8,11H2,1-4H3. The molecule has 13 heavy (non-hydrogen) atoms. The van der Waals surface area contributed by atoms with Gasteiger partial charge in [-0.15, -0.1) is 0 Å². The summed E-state index contributed by atoms with van der Waals surface area (Å²) in [6, 6.07) is 0.854. The van der Waals surface area contributed by atoms with Gasteiger partial charge in [0.15, 0.2) is 0 Å². The number of ether oxygens (including phenoxy) is 1. The van der Waals surface area contributed by atoms with Crippen LogP contribution in [0.25, 0.3) is 0 Å². The van der Waals surface area contributed by atoms with Crippen LogP contribution in [0.5, 0.6) is 0 Å². The number of hydrogen-bond donors (Lipinski definition) is 1. The Bertz CT molecular complexity index is 119. The maximum atomic E-state index is 5.93. The van der Waals surface area contributed by atoms with Crippen molar-refractivity contribution in [2.75, 3.05) is 27.3 Å². The number of methoxy groups -OCH3 is 1. The van der Waals surface area contributed by atoms with E-state index < -0.39 is 0 Å². The average Bonchev–Trinajstić information content (AvgIpc) is 2.13. The Balaban J connectivity index is 3.57. The Hall–Kier alpha value is -0.120. The molecular formula is C10H24N2O. The summed E-state index contributed by atoms with van der Waals surface area (Å²) >= 11 is 0. The first kappa shape index (κ1) is 12.9. The van der Waals surface area contributed by atoms with Gasteiger partial charge >= 0.3 is 0 Å². The Morgan fingerprint density at radius 2 is 2.08 bits per heavy atom. The van der Waals surface area contributed by atoms with Crippen molar-refractivity contribution >= 4 is 0 Å². The Kier molecular flexibility index (Phi) is 7.23. The zero-order valence-electron chi connectivity index (χ0n) is 9.42. The van der Waals surface area contributed by atoms with E-state index in [2.05, 4.69) is 25.8 Å². The van der Waals surface area contributed by atoms with Crippen LogP contribution in [0.1, 0.15) is 26.7 Å². The summed E-state index contributed by atoms with van der Waals surface area (Å²) in [6.07, 6.45) is 2.12. The molecule has 2 unspecified atom stereocenters. The van der Waals surface area contributed by atoms with E-state index in [1.165, 1.54) is 6.42 Å². The minimum Gasteiger partial charge on any atom is -0.385 e. The quantitative estimate of drug-likeness (QED) is 0.650. The molecule has 2 N–H and O–H groups in total. The molecule has 0 spiro atoms. The fourth-order valence-electron chi connectivity index (χ4n) is 1.22. The zero-order valence-corrected chi connectivity index (χ0v) is 9.42. The van der Waals surface area contributed by atoms with Crippen LogP contribution in [0.2, 0.25) is 0 Å². The van der Waals surface area contributed by atoms with E-state index in [1.54, 1.807) is 7.11 Å². The monoisotopic (exact) mass is 188 g/mol. The first-order chi connectivity index (χ1) is 6.11. The molecule has 0 fully saturated rings. The van der Waals surface area contributed by atoms with Crippen molar-refractivity contribution in [3.05, 3.63) is 0 Å². The van der Waals surface area contributed by atoms with Crippen LogP contribution >= 0.6 is 0 Å². The Labute approximate surface area is 82.2 Å². The van der Waals surface area contributed by atoms with Crippen LogP contribution < -0.4 is 5.73 Å². The van der Waals surface area contributed by atoms with Gasteiger partial charge in [-0.05, 0) is 26.8 Å². The largest absolute Gasteiger partial charge is 0.385 e. The second kappa shape index (κ2) is 7.30. The van der Waals surface area contributed by atoms with Crippen molar-refractivity contribution in [2.24, 2.45) is 5.73 Å². The molecule has 0 aliphatic heterocycles. The van der Waals surface area contributed by atoms with Gasteiger partial charge in [0.1, 0.15) is 0 Å². The third kappa shape index (κ3) is 6.02. The minimum atomic E-state index is 0.235. The van der Waals surface area contributed by atoms with E-state index in [-0.39, 0.29) is 6.04 Å². The zero-order chi connectivity index (χ0) is 10.3. The SMILES string of the molecule is CCC(C)N(C)CC(N)CCOC. The predicted molar refractivity (Wildman–Crippen MR) is 56.9 cm³/mol. The van der Waals surface area contributed by atoms with Crippen LogP contribution in [0.15, 0.2) is 0 Å².